The number of fused-ring (bicyclic) bond motifs is 1. The second-order valence-electron chi connectivity index (χ2n) is 5.44. The maximum atomic E-state index is 11.5. The molecule has 0 bridgehead atoms. The van der Waals surface area contributed by atoms with Crippen LogP contribution in [0.15, 0.2) is 6.07 Å². The summed E-state index contributed by atoms with van der Waals surface area (Å²) >= 11 is 1.98. The maximum absolute atomic E-state index is 11.5. The van der Waals surface area contributed by atoms with Gasteiger partial charge in [0.15, 0.2) is 0 Å². The van der Waals surface area contributed by atoms with Crippen molar-refractivity contribution in [3.05, 3.63) is 23.0 Å². The molecule has 1 aliphatic carbocycles. The average Bonchev–Trinajstić information content (AvgIpc) is 2.88. The minimum atomic E-state index is -0.437. The first-order chi connectivity index (χ1) is 10.8. The largest absolute Gasteiger partial charge is 0.456 e. The molecule has 0 saturated carbocycles. The summed E-state index contributed by atoms with van der Waals surface area (Å²) in [5, 5.41) is 0. The Morgan fingerprint density at radius 2 is 2.14 bits per heavy atom. The molecule has 0 aliphatic heterocycles. The number of aryl methyl sites for hydroxylation is 1. The van der Waals surface area contributed by atoms with E-state index in [1.165, 1.54) is 36.3 Å². The van der Waals surface area contributed by atoms with Gasteiger partial charge in [-0.15, -0.1) is 0 Å². The zero-order valence-electron chi connectivity index (χ0n) is 13.6. The average molecular weight is 319 g/mol. The van der Waals surface area contributed by atoms with E-state index in [1.807, 2.05) is 11.8 Å². The second kappa shape index (κ2) is 8.95. The van der Waals surface area contributed by atoms with Crippen LogP contribution in [0.5, 0.6) is 0 Å². The monoisotopic (exact) mass is 319 g/mol. The highest BCUT2D eigenvalue weighted by Crippen LogP contribution is 2.25. The van der Waals surface area contributed by atoms with Crippen LogP contribution < -0.4 is 0 Å². The van der Waals surface area contributed by atoms with Crippen molar-refractivity contribution in [2.24, 2.45) is 0 Å². The van der Waals surface area contributed by atoms with Gasteiger partial charge in [0.25, 0.3) is 0 Å². The molecule has 22 heavy (non-hydrogen) atoms. The quantitative estimate of drug-likeness (QED) is 0.457. The third-order valence-corrected chi connectivity index (χ3v) is 4.95. The van der Waals surface area contributed by atoms with Gasteiger partial charge in [-0.25, -0.2) is 4.79 Å². The highest BCUT2D eigenvalue weighted by atomic mass is 32.2. The predicted molar refractivity (Wildman–Crippen MR) is 92.2 cm³/mol. The van der Waals surface area contributed by atoms with Gasteiger partial charge >= 0.3 is 5.97 Å². The molecule has 0 unspecified atom stereocenters. The normalized spacial score (nSPS) is 13.2. The van der Waals surface area contributed by atoms with Crippen molar-refractivity contribution in [3.8, 4) is 11.8 Å². The number of esters is 1. The number of carbonyl (C=O) groups excluding carboxylic acids is 1. The van der Waals surface area contributed by atoms with Crippen molar-refractivity contribution >= 4 is 17.7 Å². The van der Waals surface area contributed by atoms with Gasteiger partial charge in [-0.05, 0) is 62.3 Å². The molecule has 0 radical (unpaired) electrons. The van der Waals surface area contributed by atoms with Crippen molar-refractivity contribution in [2.75, 3.05) is 18.1 Å². The molecule has 0 N–H and O–H groups in total. The highest BCUT2D eigenvalue weighted by Gasteiger charge is 2.17. The molecule has 1 aliphatic rings. The molecule has 1 heterocycles. The fraction of sp³-hybridized carbons (Fsp3) is 0.611. The number of hydrogen-bond acceptors (Lipinski definition) is 3. The summed E-state index contributed by atoms with van der Waals surface area (Å²) in [7, 11) is 0. The summed E-state index contributed by atoms with van der Waals surface area (Å²) in [6.45, 7) is 5.36. The van der Waals surface area contributed by atoms with Gasteiger partial charge in [0.2, 0.25) is 0 Å². The first-order valence-corrected chi connectivity index (χ1v) is 9.39. The number of carbonyl (C=O) groups is 1. The van der Waals surface area contributed by atoms with Crippen LogP contribution in [0.1, 0.15) is 50.1 Å². The van der Waals surface area contributed by atoms with Crippen molar-refractivity contribution < 1.29 is 9.53 Å². The van der Waals surface area contributed by atoms with E-state index in [-0.39, 0.29) is 0 Å². The smallest absolute Gasteiger partial charge is 0.384 e. The minimum absolute atomic E-state index is 0.374. The Balaban J connectivity index is 2.16. The van der Waals surface area contributed by atoms with Gasteiger partial charge in [0.05, 0.1) is 12.3 Å². The Morgan fingerprint density at radius 1 is 1.32 bits per heavy atom. The molecule has 3 nitrogen and oxygen atoms in total. The third-order valence-electron chi connectivity index (χ3n) is 3.78. The van der Waals surface area contributed by atoms with Gasteiger partial charge in [0, 0.05) is 23.9 Å². The van der Waals surface area contributed by atoms with Crippen molar-refractivity contribution in [3.63, 3.8) is 0 Å². The van der Waals surface area contributed by atoms with E-state index in [4.69, 9.17) is 4.74 Å². The topological polar surface area (TPSA) is 31.2 Å². The zero-order valence-corrected chi connectivity index (χ0v) is 14.4. The van der Waals surface area contributed by atoms with Crippen molar-refractivity contribution in [2.45, 2.75) is 52.5 Å². The lowest BCUT2D eigenvalue weighted by molar-refractivity contribution is -0.136. The van der Waals surface area contributed by atoms with Gasteiger partial charge in [-0.3, -0.25) is 0 Å². The van der Waals surface area contributed by atoms with E-state index < -0.39 is 5.97 Å². The van der Waals surface area contributed by atoms with Gasteiger partial charge in [-0.1, -0.05) is 6.92 Å². The number of rotatable bonds is 6. The molecule has 0 aromatic carbocycles. The molecular formula is C18H25NO2S. The van der Waals surface area contributed by atoms with Gasteiger partial charge < -0.3 is 9.30 Å². The first kappa shape index (κ1) is 17.0. The van der Waals surface area contributed by atoms with Crippen LogP contribution in [0.4, 0.5) is 0 Å². The second-order valence-corrected chi connectivity index (χ2v) is 6.67. The summed E-state index contributed by atoms with van der Waals surface area (Å²) in [5.74, 6) is 7.50. The molecule has 0 fully saturated rings. The summed E-state index contributed by atoms with van der Waals surface area (Å²) in [6.07, 6.45) is 5.99. The Morgan fingerprint density at radius 3 is 2.91 bits per heavy atom. The Labute approximate surface area is 137 Å². The van der Waals surface area contributed by atoms with Crippen molar-refractivity contribution in [1.29, 1.82) is 0 Å². The number of thioether (sulfide) groups is 1. The SMILES string of the molecule is CCCSCCn1c(C#CC(=O)OCC)cc2c1CCCC2. The lowest BCUT2D eigenvalue weighted by Gasteiger charge is -2.16. The van der Waals surface area contributed by atoms with E-state index >= 15 is 0 Å². The Hall–Kier alpha value is -1.34. The van der Waals surface area contributed by atoms with Crippen LogP contribution in [0.25, 0.3) is 0 Å². The molecular weight excluding hydrogens is 294 g/mol. The zero-order chi connectivity index (χ0) is 15.8. The minimum Gasteiger partial charge on any atom is -0.456 e. The number of nitrogens with zero attached hydrogens (tertiary/aromatic N) is 1. The number of ether oxygens (including phenoxy) is 1. The molecule has 0 amide bonds. The summed E-state index contributed by atoms with van der Waals surface area (Å²) in [5.41, 5.74) is 3.81. The van der Waals surface area contributed by atoms with E-state index in [9.17, 15) is 4.79 Å². The van der Waals surface area contributed by atoms with Crippen LogP contribution in [-0.2, 0) is 28.9 Å². The predicted octanol–water partition coefficient (Wildman–Crippen LogP) is 3.42. The van der Waals surface area contributed by atoms with Crippen molar-refractivity contribution in [1.82, 2.24) is 4.57 Å². The van der Waals surface area contributed by atoms with Gasteiger partial charge in [0.1, 0.15) is 0 Å². The fourth-order valence-corrected chi connectivity index (χ4v) is 3.61. The standard InChI is InChI=1S/C18H25NO2S/c1-3-12-22-13-11-19-16(9-10-18(20)21-4-2)14-15-7-5-6-8-17(15)19/h14H,3-8,11-13H2,1-2H3. The first-order valence-electron chi connectivity index (χ1n) is 8.24. The molecule has 1 aromatic heterocycles. The molecule has 0 atom stereocenters. The highest BCUT2D eigenvalue weighted by molar-refractivity contribution is 7.99. The van der Waals surface area contributed by atoms with Gasteiger partial charge in [-0.2, -0.15) is 11.8 Å². The lowest BCUT2D eigenvalue weighted by Crippen LogP contribution is -2.11. The van der Waals surface area contributed by atoms with Crippen LogP contribution in [0, 0.1) is 11.8 Å². The van der Waals surface area contributed by atoms with E-state index in [2.05, 4.69) is 29.4 Å². The summed E-state index contributed by atoms with van der Waals surface area (Å²) < 4.78 is 7.22. The summed E-state index contributed by atoms with van der Waals surface area (Å²) in [4.78, 5) is 11.5. The Bertz CT molecular complexity index is 566. The third kappa shape index (κ3) is 4.58. The molecule has 0 saturated heterocycles. The molecule has 4 heteroatoms. The number of hydrogen-bond donors (Lipinski definition) is 0. The Kier molecular flexibility index (Phi) is 6.92. The van der Waals surface area contributed by atoms with E-state index in [1.54, 1.807) is 6.92 Å². The van der Waals surface area contributed by atoms with E-state index in [0.29, 0.717) is 6.61 Å². The fourth-order valence-electron chi connectivity index (χ4n) is 2.81. The van der Waals surface area contributed by atoms with Crippen LogP contribution in [-0.4, -0.2) is 28.6 Å². The van der Waals surface area contributed by atoms with Crippen LogP contribution in [0.2, 0.25) is 0 Å². The van der Waals surface area contributed by atoms with Crippen LogP contribution in [0.3, 0.4) is 0 Å². The maximum Gasteiger partial charge on any atom is 0.384 e. The molecule has 120 valence electrons. The molecule has 2 rings (SSSR count). The lowest BCUT2D eigenvalue weighted by atomic mass is 9.98. The van der Waals surface area contributed by atoms with Crippen LogP contribution >= 0.6 is 11.8 Å². The number of aromatic nitrogens is 1. The molecule has 0 spiro atoms. The molecule has 1 aromatic rings. The summed E-state index contributed by atoms with van der Waals surface area (Å²) in [6, 6.07) is 2.17. The van der Waals surface area contributed by atoms with E-state index in [0.717, 1.165) is 30.8 Å².